The zero-order valence-electron chi connectivity index (χ0n) is 61.2. The lowest BCUT2D eigenvalue weighted by Crippen LogP contribution is -2.64. The zero-order valence-corrected chi connectivity index (χ0v) is 62.1. The van der Waals surface area contributed by atoms with Crippen molar-refractivity contribution in [1.29, 1.82) is 0 Å². The molecular weight excluding hydrogens is 1500 g/mol. The lowest BCUT2D eigenvalue weighted by molar-refractivity contribution is -0.221. The van der Waals surface area contributed by atoms with E-state index >= 15 is 44.7 Å². The summed E-state index contributed by atoms with van der Waals surface area (Å²) in [6, 6.07) is 2.83. The number of likely N-dealkylation sites (tertiary alicyclic amines) is 1. The minimum atomic E-state index is -5.57. The van der Waals surface area contributed by atoms with E-state index in [0.29, 0.717) is 106 Å². The van der Waals surface area contributed by atoms with Crippen molar-refractivity contribution < 1.29 is 120 Å². The van der Waals surface area contributed by atoms with Crippen LogP contribution < -0.4 is 30.8 Å². The average Bonchev–Trinajstić information content (AvgIpc) is 1.51. The number of fused-ring (bicyclic) bond motifs is 2. The van der Waals surface area contributed by atoms with Crippen LogP contribution in [0.15, 0.2) is 73.2 Å². The zero-order chi connectivity index (χ0) is 80.9. The third-order valence-electron chi connectivity index (χ3n) is 19.9. The van der Waals surface area contributed by atoms with E-state index in [-0.39, 0.29) is 39.9 Å². The largest absolute Gasteiger partial charge is 0.524 e. The maximum absolute atomic E-state index is 16.9. The fraction of sp³-hybridized carbons (Fsp3) is 0.521. The number of benzene rings is 3. The highest BCUT2D eigenvalue weighted by Crippen LogP contribution is 2.47. The number of piperazine rings is 1. The molecule has 4 aliphatic rings. The fourth-order valence-electron chi connectivity index (χ4n) is 13.6. The van der Waals surface area contributed by atoms with Crippen LogP contribution in [0.4, 0.5) is 59.4 Å². The van der Waals surface area contributed by atoms with Gasteiger partial charge in [0.15, 0.2) is 0 Å². The summed E-state index contributed by atoms with van der Waals surface area (Å²) in [6.07, 6.45) is -12.6. The van der Waals surface area contributed by atoms with E-state index in [1.165, 1.54) is 63.5 Å². The Kier molecular flexibility index (Phi) is 26.0. The van der Waals surface area contributed by atoms with Crippen molar-refractivity contribution in [1.82, 2.24) is 55.9 Å². The van der Waals surface area contributed by atoms with Crippen LogP contribution in [0.5, 0.6) is 5.75 Å². The Bertz CT molecular complexity index is 4300. The van der Waals surface area contributed by atoms with E-state index in [1.54, 1.807) is 5.32 Å². The molecule has 2 unspecified atom stereocenters. The molecule has 28 nitrogen and oxygen atoms in total. The molecule has 4 saturated heterocycles. The number of carbonyl (C=O) groups excluding carboxylic acids is 7. The second kappa shape index (κ2) is 33.9. The van der Waals surface area contributed by atoms with Crippen molar-refractivity contribution >= 4 is 55.6 Å². The Labute approximate surface area is 624 Å². The molecule has 0 saturated carbocycles. The molecule has 110 heavy (non-hydrogen) atoms. The highest BCUT2D eigenvalue weighted by Gasteiger charge is 2.58. The minimum Gasteiger partial charge on any atom is -0.467 e. The number of amides is 5. The highest BCUT2D eigenvalue weighted by atomic mass is 31.2. The average molecular weight is 1580 g/mol. The van der Waals surface area contributed by atoms with Gasteiger partial charge in [0.05, 0.1) is 88.1 Å². The number of aryl methyl sites for hydroxylation is 1. The summed E-state index contributed by atoms with van der Waals surface area (Å²) >= 11 is 0. The molecule has 2 aromatic heterocycles. The van der Waals surface area contributed by atoms with Gasteiger partial charge >= 0.3 is 50.8 Å². The number of ether oxygens (including phenoxy) is 5. The molecule has 9 rings (SSSR count). The van der Waals surface area contributed by atoms with E-state index < -0.39 is 182 Å². The van der Waals surface area contributed by atoms with Gasteiger partial charge in [0.25, 0.3) is 5.91 Å². The van der Waals surface area contributed by atoms with Gasteiger partial charge in [-0.1, -0.05) is 43.9 Å². The molecule has 39 heteroatoms. The van der Waals surface area contributed by atoms with E-state index in [1.807, 2.05) is 5.32 Å². The molecule has 6 heterocycles. The molecule has 5 aromatic rings. The van der Waals surface area contributed by atoms with Gasteiger partial charge < -0.3 is 54.0 Å². The summed E-state index contributed by atoms with van der Waals surface area (Å²) in [5.41, 5.74) is -7.59. The minimum absolute atomic E-state index is 0.0426. The first-order valence-corrected chi connectivity index (χ1v) is 35.9. The van der Waals surface area contributed by atoms with Crippen LogP contribution in [0, 0.1) is 41.2 Å². The Balaban J connectivity index is 1.17. The number of aromatic nitrogens is 4. The quantitative estimate of drug-likeness (QED) is 0.00689. The number of hydrogen-bond acceptors (Lipinski definition) is 20. The normalized spacial score (nSPS) is 18.2. The monoisotopic (exact) mass is 1580 g/mol. The van der Waals surface area contributed by atoms with Crippen molar-refractivity contribution in [2.24, 2.45) is 10.8 Å². The summed E-state index contributed by atoms with van der Waals surface area (Å²) in [4.78, 5) is 134. The fourth-order valence-corrected chi connectivity index (χ4v) is 14.0. The smallest absolute Gasteiger partial charge is 0.467 e. The van der Waals surface area contributed by atoms with Gasteiger partial charge in [-0.15, -0.1) is 0 Å². The lowest BCUT2D eigenvalue weighted by Gasteiger charge is -2.47. The number of halogens is 10. The number of esters is 2. The second-order valence-electron chi connectivity index (χ2n) is 28.8. The number of anilines is 1. The molecule has 5 amide bonds. The molecule has 4 fully saturated rings. The molecule has 0 radical (unpaired) electrons. The van der Waals surface area contributed by atoms with Crippen molar-refractivity contribution in [2.75, 3.05) is 65.6 Å². The van der Waals surface area contributed by atoms with Crippen LogP contribution in [-0.4, -0.2) is 208 Å². The molecular formula is C71H83F10N12O16P. The van der Waals surface area contributed by atoms with Gasteiger partial charge in [0.2, 0.25) is 17.8 Å². The van der Waals surface area contributed by atoms with Gasteiger partial charge in [0.1, 0.15) is 41.6 Å². The van der Waals surface area contributed by atoms with Crippen molar-refractivity contribution in [3.8, 4) is 28.8 Å². The number of alkyl carbamates (subject to hydrolysis) is 2. The number of carbonyl (C=O) groups is 7. The van der Waals surface area contributed by atoms with E-state index in [0.717, 1.165) is 57.4 Å². The number of hydrogen-bond donors (Lipinski definition) is 6. The van der Waals surface area contributed by atoms with Crippen LogP contribution >= 0.6 is 7.82 Å². The van der Waals surface area contributed by atoms with Gasteiger partial charge in [-0.25, -0.2) is 47.4 Å². The van der Waals surface area contributed by atoms with Crippen molar-refractivity contribution in [2.45, 2.75) is 166 Å². The summed E-state index contributed by atoms with van der Waals surface area (Å²) in [7, 11) is -2.98. The van der Waals surface area contributed by atoms with Gasteiger partial charge in [0, 0.05) is 84.5 Å². The third-order valence-corrected chi connectivity index (χ3v) is 20.3. The first kappa shape index (κ1) is 84.4. The van der Waals surface area contributed by atoms with Crippen molar-refractivity contribution in [3.63, 3.8) is 0 Å². The summed E-state index contributed by atoms with van der Waals surface area (Å²) < 4.78 is 196. The standard InChI is InChI=1S/C71H83F10N12O16P/c1-38-23-43(28-55(94)91-21-20-52(91)62(98)104-8)57(53(24-38)109-110(101,102)103)67(2,3)29-56(95)108-54(35-90(88-61(97)59(86-66(100)106-10)69(6,7)71(79,80)81)34-47-48(72)26-42(27-49(47)73)50-19-22-92(87-50)63(74)75)51(84-60(96)58(85-65(99)105-9)68(4,5)70(76,77)78)25-40-14-11-39(12-15-40)13-16-41-30-82-64(83-31-41)89-32-44-17-18-45(33-89)93(44)46-36-107-37-46/h11-12,14-15,19,22-24,26-27,30-31,44-46,51-52,54,58-59,63H,17-18,20-21,25,28-29,32-37H2,1-10H3,(H,84,96)(H,85,99)(H,86,100)(H,88,97)(H2,101,102,103)/t44?,45?,51-,52+,54-,58+,59+/m0/s1. The Morgan fingerprint density at radius 1 is 0.745 bits per heavy atom. The van der Waals surface area contributed by atoms with Crippen LogP contribution in [0.3, 0.4) is 0 Å². The number of nitrogens with one attached hydrogen (secondary N) is 4. The molecule has 598 valence electrons. The molecule has 7 atom stereocenters. The van der Waals surface area contributed by atoms with Crippen LogP contribution in [0.1, 0.15) is 113 Å². The number of hydrazine groups is 1. The van der Waals surface area contributed by atoms with E-state index in [4.69, 9.17) is 18.7 Å². The Morgan fingerprint density at radius 2 is 1.32 bits per heavy atom. The number of phosphoric acid groups is 1. The lowest BCUT2D eigenvalue weighted by atomic mass is 9.77. The van der Waals surface area contributed by atoms with E-state index in [2.05, 4.69) is 56.9 Å². The Hall–Kier alpha value is -9.67. The molecule has 0 spiro atoms. The van der Waals surface area contributed by atoms with Crippen LogP contribution in [-0.2, 0) is 77.0 Å². The number of nitrogens with zero attached hydrogens (tertiary/aromatic N) is 8. The molecule has 2 bridgehead atoms. The number of methoxy groups -OCH3 is 3. The maximum Gasteiger partial charge on any atom is 0.524 e. The summed E-state index contributed by atoms with van der Waals surface area (Å²) in [6.45, 7) is 2.98. The van der Waals surface area contributed by atoms with Gasteiger partial charge in [-0.3, -0.25) is 39.3 Å². The van der Waals surface area contributed by atoms with Crippen LogP contribution in [0.25, 0.3) is 11.3 Å². The topological polar surface area (TPSA) is 337 Å². The molecule has 0 aliphatic carbocycles. The summed E-state index contributed by atoms with van der Waals surface area (Å²) in [5.74, 6) is -3.76. The first-order valence-electron chi connectivity index (χ1n) is 34.4. The number of phosphoric ester groups is 1. The predicted octanol–water partition coefficient (Wildman–Crippen LogP) is 8.03. The Morgan fingerprint density at radius 3 is 1.82 bits per heavy atom. The van der Waals surface area contributed by atoms with Crippen molar-refractivity contribution in [3.05, 3.63) is 124 Å². The summed E-state index contributed by atoms with van der Waals surface area (Å²) in [5, 5.41) is 10.1. The highest BCUT2D eigenvalue weighted by molar-refractivity contribution is 7.46. The van der Waals surface area contributed by atoms with Gasteiger partial charge in [-0.05, 0) is 113 Å². The first-order chi connectivity index (χ1) is 51.4. The number of alkyl halides is 8. The molecule has 4 aliphatic heterocycles. The maximum atomic E-state index is 16.9. The molecule has 3 aromatic carbocycles. The third kappa shape index (κ3) is 19.9. The second-order valence-corrected chi connectivity index (χ2v) is 30.0. The number of rotatable bonds is 28. The SMILES string of the molecule is COC(=O)N[C@H](C(=O)N[C@@H](Cc1ccc(C#Cc2cnc(N3CC4CCC(C3)N4C3COC3)nc2)cc1)[C@H](CN(Cc1c(F)cc(-c2ccn(C(F)F)n2)cc1F)NC(=O)[C@@H](NC(=O)OC)C(C)(C)C(F)(F)F)OC(=O)CC(C)(C)c1c(CC(=O)N2CC[C@@H]2C(=O)OC)cc(C)cc1OP(=O)(O)O)C(C)(C)C(F)(F)F. The molecule has 6 N–H and O–H groups in total. The van der Waals surface area contributed by atoms with E-state index in [9.17, 15) is 47.1 Å². The van der Waals surface area contributed by atoms with Gasteiger partial charge in [-0.2, -0.15) is 40.2 Å². The predicted molar refractivity (Wildman–Crippen MR) is 368 cm³/mol. The van der Waals surface area contributed by atoms with Crippen LogP contribution in [0.2, 0.25) is 0 Å².